The van der Waals surface area contributed by atoms with E-state index in [0.717, 1.165) is 24.2 Å². The summed E-state index contributed by atoms with van der Waals surface area (Å²) >= 11 is 0. The average Bonchev–Trinajstić information content (AvgIpc) is 2.25. The maximum absolute atomic E-state index is 8.62. The summed E-state index contributed by atoms with van der Waals surface area (Å²) in [5.74, 6) is 6.93. The second kappa shape index (κ2) is 6.32. The molecular formula is C15H20O2. The zero-order valence-corrected chi connectivity index (χ0v) is 10.8. The third-order valence-electron chi connectivity index (χ3n) is 1.97. The first-order chi connectivity index (χ1) is 8.01. The van der Waals surface area contributed by atoms with E-state index in [1.54, 1.807) is 0 Å². The van der Waals surface area contributed by atoms with E-state index in [1.807, 2.05) is 45.0 Å². The van der Waals surface area contributed by atoms with Gasteiger partial charge in [0.05, 0.1) is 0 Å². The molecular weight excluding hydrogens is 212 g/mol. The molecule has 0 saturated carbocycles. The van der Waals surface area contributed by atoms with Crippen molar-refractivity contribution in [3.8, 4) is 17.6 Å². The molecule has 0 unspecified atom stereocenters. The van der Waals surface area contributed by atoms with Crippen molar-refractivity contribution >= 4 is 0 Å². The van der Waals surface area contributed by atoms with Crippen LogP contribution in [0.25, 0.3) is 0 Å². The molecule has 0 bridgehead atoms. The summed E-state index contributed by atoms with van der Waals surface area (Å²) in [7, 11) is 0. The van der Waals surface area contributed by atoms with E-state index in [1.165, 1.54) is 0 Å². The number of hydrogen-bond acceptors (Lipinski definition) is 2. The lowest BCUT2D eigenvalue weighted by molar-refractivity contribution is 0.131. The highest BCUT2D eigenvalue weighted by Gasteiger charge is 2.10. The van der Waals surface area contributed by atoms with Gasteiger partial charge in [-0.05, 0) is 51.5 Å². The molecule has 92 valence electrons. The van der Waals surface area contributed by atoms with Crippen molar-refractivity contribution in [2.75, 3.05) is 6.61 Å². The molecule has 0 heterocycles. The van der Waals surface area contributed by atoms with Gasteiger partial charge >= 0.3 is 0 Å². The molecule has 1 N–H and O–H groups in total. The van der Waals surface area contributed by atoms with Crippen molar-refractivity contribution in [1.82, 2.24) is 0 Å². The van der Waals surface area contributed by atoms with E-state index in [-0.39, 0.29) is 12.2 Å². The Morgan fingerprint density at radius 1 is 1.18 bits per heavy atom. The number of aliphatic hydroxyl groups is 1. The Morgan fingerprint density at radius 2 is 1.82 bits per heavy atom. The molecule has 0 atom stereocenters. The van der Waals surface area contributed by atoms with Crippen molar-refractivity contribution in [2.24, 2.45) is 0 Å². The van der Waals surface area contributed by atoms with Gasteiger partial charge in [-0.2, -0.15) is 0 Å². The second-order valence-corrected chi connectivity index (χ2v) is 4.87. The van der Waals surface area contributed by atoms with Crippen LogP contribution < -0.4 is 4.74 Å². The quantitative estimate of drug-likeness (QED) is 0.641. The van der Waals surface area contributed by atoms with Gasteiger partial charge in [-0.25, -0.2) is 0 Å². The van der Waals surface area contributed by atoms with Crippen LogP contribution in [0.3, 0.4) is 0 Å². The van der Waals surface area contributed by atoms with Gasteiger partial charge in [0.15, 0.2) is 0 Å². The molecule has 0 fully saturated rings. The molecule has 0 aromatic heterocycles. The van der Waals surface area contributed by atoms with E-state index in [9.17, 15) is 0 Å². The molecule has 1 rings (SSSR count). The highest BCUT2D eigenvalue weighted by molar-refractivity contribution is 5.38. The highest BCUT2D eigenvalue weighted by atomic mass is 16.5. The van der Waals surface area contributed by atoms with Crippen LogP contribution in [0.4, 0.5) is 0 Å². The van der Waals surface area contributed by atoms with Crippen molar-refractivity contribution in [3.63, 3.8) is 0 Å². The van der Waals surface area contributed by atoms with Crippen LogP contribution in [0.15, 0.2) is 24.3 Å². The van der Waals surface area contributed by atoms with Crippen molar-refractivity contribution in [3.05, 3.63) is 29.8 Å². The van der Waals surface area contributed by atoms with E-state index >= 15 is 0 Å². The average molecular weight is 232 g/mol. The van der Waals surface area contributed by atoms with E-state index in [4.69, 9.17) is 9.84 Å². The van der Waals surface area contributed by atoms with Crippen LogP contribution in [-0.2, 0) is 0 Å². The summed E-state index contributed by atoms with van der Waals surface area (Å²) < 4.78 is 5.72. The lowest BCUT2D eigenvalue weighted by Crippen LogP contribution is -2.22. The Kier molecular flexibility index (Phi) is 5.06. The Bertz CT molecular complexity index is 388. The number of unbranched alkanes of at least 4 members (excludes halogenated alkanes) is 1. The minimum Gasteiger partial charge on any atom is -0.488 e. The van der Waals surface area contributed by atoms with Crippen LogP contribution in [0.5, 0.6) is 5.75 Å². The van der Waals surface area contributed by atoms with Crippen LogP contribution in [0.1, 0.15) is 39.2 Å². The van der Waals surface area contributed by atoms with Gasteiger partial charge in [0.1, 0.15) is 11.4 Å². The van der Waals surface area contributed by atoms with Crippen LogP contribution in [0, 0.1) is 11.8 Å². The molecule has 0 aliphatic heterocycles. The maximum atomic E-state index is 8.62. The molecule has 0 aliphatic carbocycles. The SMILES string of the molecule is CC(C)(C)Oc1ccc(C#CCCCO)cc1. The van der Waals surface area contributed by atoms with Gasteiger partial charge in [-0.1, -0.05) is 11.8 Å². The number of rotatable bonds is 3. The monoisotopic (exact) mass is 232 g/mol. The Morgan fingerprint density at radius 3 is 2.35 bits per heavy atom. The normalized spacial score (nSPS) is 10.6. The summed E-state index contributed by atoms with van der Waals surface area (Å²) in [4.78, 5) is 0. The van der Waals surface area contributed by atoms with Gasteiger partial charge < -0.3 is 9.84 Å². The van der Waals surface area contributed by atoms with Gasteiger partial charge in [-0.15, -0.1) is 0 Å². The fraction of sp³-hybridized carbons (Fsp3) is 0.467. The molecule has 2 nitrogen and oxygen atoms in total. The first-order valence-corrected chi connectivity index (χ1v) is 5.90. The summed E-state index contributed by atoms with van der Waals surface area (Å²) in [5.41, 5.74) is 0.804. The third kappa shape index (κ3) is 5.99. The largest absolute Gasteiger partial charge is 0.488 e. The molecule has 17 heavy (non-hydrogen) atoms. The molecule has 1 aromatic rings. The molecule has 0 spiro atoms. The smallest absolute Gasteiger partial charge is 0.120 e. The van der Waals surface area contributed by atoms with Crippen molar-refractivity contribution in [2.45, 2.75) is 39.2 Å². The summed E-state index contributed by atoms with van der Waals surface area (Å²) in [6.07, 6.45) is 1.47. The fourth-order valence-corrected chi connectivity index (χ4v) is 1.29. The Labute approximate surface area is 104 Å². The molecule has 0 aliphatic rings. The number of ether oxygens (including phenoxy) is 1. The van der Waals surface area contributed by atoms with Gasteiger partial charge in [-0.3, -0.25) is 0 Å². The van der Waals surface area contributed by atoms with Crippen LogP contribution in [0.2, 0.25) is 0 Å². The van der Waals surface area contributed by atoms with E-state index in [0.29, 0.717) is 0 Å². The molecule has 2 heteroatoms. The maximum Gasteiger partial charge on any atom is 0.120 e. The molecule has 0 amide bonds. The first kappa shape index (κ1) is 13.6. The zero-order chi connectivity index (χ0) is 12.7. The topological polar surface area (TPSA) is 29.5 Å². The van der Waals surface area contributed by atoms with E-state index < -0.39 is 0 Å². The molecule has 0 saturated heterocycles. The van der Waals surface area contributed by atoms with Gasteiger partial charge in [0.2, 0.25) is 0 Å². The van der Waals surface area contributed by atoms with Gasteiger partial charge in [0.25, 0.3) is 0 Å². The number of hydrogen-bond donors (Lipinski definition) is 1. The standard InChI is InChI=1S/C15H20O2/c1-15(2,3)17-14-10-8-13(9-11-14)7-5-4-6-12-16/h8-11,16H,4,6,12H2,1-3H3. The Balaban J connectivity index is 2.58. The first-order valence-electron chi connectivity index (χ1n) is 5.90. The summed E-state index contributed by atoms with van der Waals surface area (Å²) in [5, 5.41) is 8.62. The van der Waals surface area contributed by atoms with Gasteiger partial charge in [0, 0.05) is 18.6 Å². The number of aliphatic hydroxyl groups excluding tert-OH is 1. The highest BCUT2D eigenvalue weighted by Crippen LogP contribution is 2.18. The minimum atomic E-state index is -0.172. The summed E-state index contributed by atoms with van der Waals surface area (Å²) in [6, 6.07) is 7.77. The van der Waals surface area contributed by atoms with Crippen molar-refractivity contribution < 1.29 is 9.84 Å². The predicted octanol–water partition coefficient (Wildman–Crippen LogP) is 2.99. The molecule has 0 radical (unpaired) electrons. The summed E-state index contributed by atoms with van der Waals surface area (Å²) in [6.45, 7) is 6.27. The van der Waals surface area contributed by atoms with E-state index in [2.05, 4.69) is 11.8 Å². The predicted molar refractivity (Wildman–Crippen MR) is 70.0 cm³/mol. The van der Waals surface area contributed by atoms with Crippen molar-refractivity contribution in [1.29, 1.82) is 0 Å². The lowest BCUT2D eigenvalue weighted by atomic mass is 10.1. The third-order valence-corrected chi connectivity index (χ3v) is 1.97. The fourth-order valence-electron chi connectivity index (χ4n) is 1.29. The lowest BCUT2D eigenvalue weighted by Gasteiger charge is -2.21. The zero-order valence-electron chi connectivity index (χ0n) is 10.8. The number of benzene rings is 1. The molecule has 1 aromatic carbocycles. The van der Waals surface area contributed by atoms with Crippen LogP contribution >= 0.6 is 0 Å². The van der Waals surface area contributed by atoms with Crippen LogP contribution in [-0.4, -0.2) is 17.3 Å². The minimum absolute atomic E-state index is 0.172. The Hall–Kier alpha value is -1.46. The second-order valence-electron chi connectivity index (χ2n) is 4.87.